The topological polar surface area (TPSA) is 153 Å². The fraction of sp³-hybridized carbons (Fsp3) is 0.190. The molecule has 0 spiro atoms. The number of aliphatic hydroxyl groups excluding tert-OH is 2. The zero-order valence-electron chi connectivity index (χ0n) is 15.5. The predicted octanol–water partition coefficient (Wildman–Crippen LogP) is 2.01. The molecule has 1 aliphatic heterocycles. The van der Waals surface area contributed by atoms with Gasteiger partial charge in [0, 0.05) is 12.1 Å². The van der Waals surface area contributed by atoms with E-state index in [2.05, 4.69) is 4.98 Å². The third kappa shape index (κ3) is 3.63. The molecule has 0 aliphatic carbocycles. The van der Waals surface area contributed by atoms with Crippen molar-refractivity contribution >= 4 is 0 Å². The molecule has 0 saturated carbocycles. The van der Waals surface area contributed by atoms with E-state index in [1.54, 1.807) is 6.07 Å². The molecule has 0 saturated heterocycles. The van der Waals surface area contributed by atoms with Crippen LogP contribution < -0.4 is 9.47 Å². The average Bonchev–Trinajstić information content (AvgIpc) is 2.71. The molecule has 6 N–H and O–H groups in total. The molecule has 0 radical (unpaired) electrons. The van der Waals surface area contributed by atoms with Crippen molar-refractivity contribution in [2.45, 2.75) is 24.9 Å². The molecule has 0 amide bonds. The van der Waals surface area contributed by atoms with Crippen LogP contribution in [0.1, 0.15) is 29.0 Å². The molecule has 2 aromatic carbocycles. The summed E-state index contributed by atoms with van der Waals surface area (Å²) in [4.78, 5) is 4.00. The van der Waals surface area contributed by atoms with Crippen LogP contribution in [0.3, 0.4) is 0 Å². The van der Waals surface area contributed by atoms with E-state index in [0.29, 0.717) is 11.3 Å². The lowest BCUT2D eigenvalue weighted by Crippen LogP contribution is -2.34. The normalized spacial score (nSPS) is 20.3. The Bertz CT molecular complexity index is 1070. The highest BCUT2D eigenvalue weighted by Crippen LogP contribution is 2.47. The number of aromatic nitrogens is 1. The van der Waals surface area contributed by atoms with E-state index >= 15 is 0 Å². The first-order valence-corrected chi connectivity index (χ1v) is 9.01. The molecule has 30 heavy (non-hydrogen) atoms. The molecule has 9 nitrogen and oxygen atoms in total. The molecule has 1 aromatic heterocycles. The maximum atomic E-state index is 10.5. The summed E-state index contributed by atoms with van der Waals surface area (Å²) >= 11 is 0. The molecule has 9 heteroatoms. The molecule has 0 fully saturated rings. The Morgan fingerprint density at radius 2 is 1.70 bits per heavy atom. The molecule has 3 aromatic rings. The first-order valence-electron chi connectivity index (χ1n) is 9.01. The summed E-state index contributed by atoms with van der Waals surface area (Å²) in [7, 11) is 0. The second-order valence-electron chi connectivity index (χ2n) is 6.87. The van der Waals surface area contributed by atoms with Gasteiger partial charge in [-0.05, 0) is 29.8 Å². The summed E-state index contributed by atoms with van der Waals surface area (Å²) in [5.41, 5.74) is 0.883. The number of benzene rings is 2. The number of nitrogens with zero attached hydrogens (tertiary/aromatic N) is 1. The van der Waals surface area contributed by atoms with Crippen molar-refractivity contribution < 1.29 is 40.1 Å². The van der Waals surface area contributed by atoms with E-state index in [1.165, 1.54) is 36.5 Å². The molecular formula is C21H19NO8. The van der Waals surface area contributed by atoms with Gasteiger partial charge in [0.05, 0.1) is 17.5 Å². The summed E-state index contributed by atoms with van der Waals surface area (Å²) in [6, 6.07) is 9.59. The third-order valence-electron chi connectivity index (χ3n) is 4.79. The van der Waals surface area contributed by atoms with E-state index in [0.717, 1.165) is 6.07 Å². The number of rotatable bonds is 4. The Kier molecular flexibility index (Phi) is 4.98. The van der Waals surface area contributed by atoms with Crippen molar-refractivity contribution in [2.24, 2.45) is 0 Å². The summed E-state index contributed by atoms with van der Waals surface area (Å²) < 4.78 is 11.3. The van der Waals surface area contributed by atoms with Gasteiger partial charge in [-0.2, -0.15) is 0 Å². The number of hydrogen-bond acceptors (Lipinski definition) is 9. The number of hydrogen-bond donors (Lipinski definition) is 6. The standard InChI is InChI=1S/C21H19NO8/c23-12-3-2-11(22-8-12)9-29-16-5-10(1-4-14(16)25)21-20(28)19(27)18-15(26)6-13(24)7-17(18)30-21/h1-8,19-21,23-28H,9H2. The van der Waals surface area contributed by atoms with Crippen molar-refractivity contribution in [3.8, 4) is 34.5 Å². The Morgan fingerprint density at radius 1 is 0.900 bits per heavy atom. The number of phenolic OH excluding ortho intramolecular Hbond substituents is 3. The average molecular weight is 413 g/mol. The highest BCUT2D eigenvalue weighted by atomic mass is 16.5. The molecular weight excluding hydrogens is 394 g/mol. The van der Waals surface area contributed by atoms with Gasteiger partial charge in [-0.3, -0.25) is 4.98 Å². The smallest absolute Gasteiger partial charge is 0.161 e. The second kappa shape index (κ2) is 7.62. The van der Waals surface area contributed by atoms with Crippen molar-refractivity contribution in [1.82, 2.24) is 4.98 Å². The third-order valence-corrected chi connectivity index (χ3v) is 4.79. The number of aromatic hydroxyl groups is 4. The van der Waals surface area contributed by atoms with Crippen LogP contribution in [0.5, 0.6) is 34.5 Å². The molecule has 4 rings (SSSR count). The fourth-order valence-corrected chi connectivity index (χ4v) is 3.28. The summed E-state index contributed by atoms with van der Waals surface area (Å²) in [6.07, 6.45) is -2.67. The van der Waals surface area contributed by atoms with Gasteiger partial charge in [-0.1, -0.05) is 6.07 Å². The number of phenols is 3. The quantitative estimate of drug-likeness (QED) is 0.377. The summed E-state index contributed by atoms with van der Waals surface area (Å²) in [5.74, 6) is -0.672. The van der Waals surface area contributed by atoms with Crippen LogP contribution in [0.2, 0.25) is 0 Å². The molecule has 156 valence electrons. The van der Waals surface area contributed by atoms with E-state index in [4.69, 9.17) is 9.47 Å². The van der Waals surface area contributed by atoms with Crippen LogP contribution in [-0.2, 0) is 6.61 Å². The Balaban J connectivity index is 1.60. The molecule has 3 atom stereocenters. The van der Waals surface area contributed by atoms with Gasteiger partial charge in [0.1, 0.15) is 41.8 Å². The minimum absolute atomic E-state index is 0.0125. The van der Waals surface area contributed by atoms with Gasteiger partial charge in [0.2, 0.25) is 0 Å². The van der Waals surface area contributed by atoms with Gasteiger partial charge in [-0.15, -0.1) is 0 Å². The van der Waals surface area contributed by atoms with Gasteiger partial charge in [0.15, 0.2) is 17.6 Å². The number of ether oxygens (including phenoxy) is 2. The molecule has 2 heterocycles. The Hall–Kier alpha value is -3.69. The van der Waals surface area contributed by atoms with Crippen molar-refractivity contribution in [3.05, 3.63) is 65.5 Å². The SMILES string of the molecule is Oc1ccc(COc2cc(C3Oc4cc(O)cc(O)c4C(O)C3O)ccc2O)nc1. The van der Waals surface area contributed by atoms with Gasteiger partial charge >= 0.3 is 0 Å². The van der Waals surface area contributed by atoms with Crippen molar-refractivity contribution in [3.63, 3.8) is 0 Å². The molecule has 3 unspecified atom stereocenters. The van der Waals surface area contributed by atoms with E-state index in [-0.39, 0.29) is 40.9 Å². The highest BCUT2D eigenvalue weighted by Gasteiger charge is 2.39. The van der Waals surface area contributed by atoms with E-state index < -0.39 is 24.1 Å². The highest BCUT2D eigenvalue weighted by molar-refractivity contribution is 5.53. The maximum absolute atomic E-state index is 10.5. The van der Waals surface area contributed by atoms with Gasteiger partial charge < -0.3 is 40.1 Å². The first kappa shape index (κ1) is 19.6. The van der Waals surface area contributed by atoms with Gasteiger partial charge in [0.25, 0.3) is 0 Å². The number of fused-ring (bicyclic) bond motifs is 1. The lowest BCUT2D eigenvalue weighted by atomic mass is 9.91. The second-order valence-corrected chi connectivity index (χ2v) is 6.87. The minimum Gasteiger partial charge on any atom is -0.508 e. The largest absolute Gasteiger partial charge is 0.508 e. The van der Waals surface area contributed by atoms with Crippen LogP contribution in [0.4, 0.5) is 0 Å². The fourth-order valence-electron chi connectivity index (χ4n) is 3.28. The lowest BCUT2D eigenvalue weighted by Gasteiger charge is -2.35. The Labute approximate surface area is 170 Å². The monoisotopic (exact) mass is 413 g/mol. The zero-order valence-corrected chi connectivity index (χ0v) is 15.5. The zero-order chi connectivity index (χ0) is 21.4. The lowest BCUT2D eigenvalue weighted by molar-refractivity contribution is -0.0711. The van der Waals surface area contributed by atoms with Crippen LogP contribution in [0, 0.1) is 0 Å². The predicted molar refractivity (Wildman–Crippen MR) is 102 cm³/mol. The summed E-state index contributed by atoms with van der Waals surface area (Å²) in [6.45, 7) is 0.0125. The van der Waals surface area contributed by atoms with Crippen LogP contribution in [-0.4, -0.2) is 41.7 Å². The van der Waals surface area contributed by atoms with Crippen LogP contribution in [0.25, 0.3) is 0 Å². The first-order chi connectivity index (χ1) is 14.3. The van der Waals surface area contributed by atoms with Crippen molar-refractivity contribution in [2.75, 3.05) is 0 Å². The molecule has 1 aliphatic rings. The number of aliphatic hydroxyl groups is 2. The van der Waals surface area contributed by atoms with Gasteiger partial charge in [-0.25, -0.2) is 0 Å². The maximum Gasteiger partial charge on any atom is 0.161 e. The number of pyridine rings is 1. The van der Waals surface area contributed by atoms with E-state index in [1.807, 2.05) is 0 Å². The summed E-state index contributed by atoms with van der Waals surface area (Å²) in [5, 5.41) is 60.0. The minimum atomic E-state index is -1.46. The van der Waals surface area contributed by atoms with Crippen LogP contribution >= 0.6 is 0 Å². The molecule has 0 bridgehead atoms. The van der Waals surface area contributed by atoms with E-state index in [9.17, 15) is 30.6 Å². The van der Waals surface area contributed by atoms with Crippen LogP contribution in [0.15, 0.2) is 48.7 Å². The Morgan fingerprint density at radius 3 is 2.43 bits per heavy atom. The van der Waals surface area contributed by atoms with Crippen molar-refractivity contribution in [1.29, 1.82) is 0 Å².